The second kappa shape index (κ2) is 7.32. The first-order chi connectivity index (χ1) is 13.3. The van der Waals surface area contributed by atoms with Crippen molar-refractivity contribution in [2.24, 2.45) is 0 Å². The van der Waals surface area contributed by atoms with Crippen molar-refractivity contribution in [2.45, 2.75) is 64.1 Å². The van der Waals surface area contributed by atoms with Crippen LogP contribution in [0.2, 0.25) is 0 Å². The summed E-state index contributed by atoms with van der Waals surface area (Å²) < 4.78 is 14.4. The number of halogens is 1. The molecule has 1 N–H and O–H groups in total. The molecule has 1 aromatic rings. The third kappa shape index (κ3) is 3.34. The van der Waals surface area contributed by atoms with E-state index in [0.717, 1.165) is 37.1 Å². The minimum absolute atomic E-state index is 0.190. The van der Waals surface area contributed by atoms with Crippen LogP contribution in [0.25, 0.3) is 0 Å². The van der Waals surface area contributed by atoms with E-state index in [4.69, 9.17) is 0 Å². The maximum absolute atomic E-state index is 14.4. The van der Waals surface area contributed by atoms with Gasteiger partial charge in [0.2, 0.25) is 5.91 Å². The smallest absolute Gasteiger partial charge is 0.255 e. The van der Waals surface area contributed by atoms with Gasteiger partial charge in [-0.05, 0) is 81.8 Å². The number of hydrogen-bond acceptors (Lipinski definition) is 3. The number of piperidine rings is 2. The molecule has 0 aromatic heterocycles. The van der Waals surface area contributed by atoms with Gasteiger partial charge in [-0.1, -0.05) is 6.58 Å². The fraction of sp³-hybridized carbons (Fsp3) is 0.545. The fourth-order valence-corrected chi connectivity index (χ4v) is 4.82. The molecule has 28 heavy (non-hydrogen) atoms. The average molecular weight is 385 g/mol. The Morgan fingerprint density at radius 1 is 1.18 bits per heavy atom. The van der Waals surface area contributed by atoms with Crippen LogP contribution in [0, 0.1) is 5.82 Å². The van der Waals surface area contributed by atoms with E-state index in [1.165, 1.54) is 6.07 Å². The van der Waals surface area contributed by atoms with E-state index in [2.05, 4.69) is 30.6 Å². The SMILES string of the molecule is C=C1CCC(N2Cc3c(cc(F)cc3C3CCN(C(C)C)CC3)C2=O)C(=O)N1. The highest BCUT2D eigenvalue weighted by Gasteiger charge is 2.40. The Labute approximate surface area is 165 Å². The quantitative estimate of drug-likeness (QED) is 0.870. The minimum atomic E-state index is -0.510. The third-order valence-electron chi connectivity index (χ3n) is 6.47. The summed E-state index contributed by atoms with van der Waals surface area (Å²) in [7, 11) is 0. The highest BCUT2D eigenvalue weighted by atomic mass is 19.1. The Balaban J connectivity index is 1.59. The van der Waals surface area contributed by atoms with Gasteiger partial charge in [0.15, 0.2) is 0 Å². The van der Waals surface area contributed by atoms with Crippen molar-refractivity contribution in [1.82, 2.24) is 15.1 Å². The van der Waals surface area contributed by atoms with E-state index in [-0.39, 0.29) is 23.5 Å². The summed E-state index contributed by atoms with van der Waals surface area (Å²) in [6, 6.07) is 2.94. The van der Waals surface area contributed by atoms with Crippen LogP contribution in [0.3, 0.4) is 0 Å². The topological polar surface area (TPSA) is 52.7 Å². The normalized spacial score (nSPS) is 24.1. The highest BCUT2D eigenvalue weighted by molar-refractivity contribution is 6.01. The molecule has 0 saturated carbocycles. The van der Waals surface area contributed by atoms with E-state index in [0.29, 0.717) is 36.7 Å². The molecule has 3 aliphatic rings. The number of hydrogen-bond donors (Lipinski definition) is 1. The second-order valence-corrected chi connectivity index (χ2v) is 8.51. The molecule has 1 atom stereocenters. The molecule has 2 fully saturated rings. The first-order valence-electron chi connectivity index (χ1n) is 10.2. The number of nitrogens with zero attached hydrogens (tertiary/aromatic N) is 2. The van der Waals surface area contributed by atoms with Crippen molar-refractivity contribution in [2.75, 3.05) is 13.1 Å². The lowest BCUT2D eigenvalue weighted by atomic mass is 9.85. The van der Waals surface area contributed by atoms with E-state index in [9.17, 15) is 14.0 Å². The summed E-state index contributed by atoms with van der Waals surface area (Å²) in [4.78, 5) is 29.4. The van der Waals surface area contributed by atoms with Crippen LogP contribution in [0.15, 0.2) is 24.4 Å². The fourth-order valence-electron chi connectivity index (χ4n) is 4.82. The lowest BCUT2D eigenvalue weighted by Gasteiger charge is -2.35. The van der Waals surface area contributed by atoms with E-state index in [1.54, 1.807) is 11.0 Å². The first kappa shape index (κ1) is 19.1. The van der Waals surface area contributed by atoms with Gasteiger partial charge in [0, 0.05) is 23.8 Å². The standard InChI is InChI=1S/C22H28FN3O2/c1-13(2)25-8-6-15(7-9-25)17-10-16(23)11-18-19(17)12-26(22(18)28)20-5-4-14(3)24-21(20)27/h10-11,13,15,20H,3-9,12H2,1-2H3,(H,24,27). The van der Waals surface area contributed by atoms with Gasteiger partial charge in [0.1, 0.15) is 11.9 Å². The van der Waals surface area contributed by atoms with Crippen LogP contribution in [-0.2, 0) is 11.3 Å². The van der Waals surface area contributed by atoms with E-state index >= 15 is 0 Å². The molecule has 5 nitrogen and oxygen atoms in total. The molecule has 0 radical (unpaired) electrons. The van der Waals surface area contributed by atoms with Crippen molar-refractivity contribution in [1.29, 1.82) is 0 Å². The molecule has 2 amide bonds. The molecule has 4 rings (SSSR count). The van der Waals surface area contributed by atoms with Crippen molar-refractivity contribution in [3.05, 3.63) is 46.9 Å². The number of likely N-dealkylation sites (tertiary alicyclic amines) is 1. The van der Waals surface area contributed by atoms with Gasteiger partial charge >= 0.3 is 0 Å². The number of nitrogens with one attached hydrogen (secondary N) is 1. The summed E-state index contributed by atoms with van der Waals surface area (Å²) in [6.45, 7) is 10.5. The molecule has 0 bridgehead atoms. The van der Waals surface area contributed by atoms with Gasteiger partial charge < -0.3 is 15.1 Å². The summed E-state index contributed by atoms with van der Waals surface area (Å²) in [5.41, 5.74) is 2.98. The Morgan fingerprint density at radius 3 is 2.54 bits per heavy atom. The molecule has 6 heteroatoms. The maximum Gasteiger partial charge on any atom is 0.255 e. The monoisotopic (exact) mass is 385 g/mol. The number of amides is 2. The number of carbonyl (C=O) groups is 2. The van der Waals surface area contributed by atoms with Gasteiger partial charge in [-0.3, -0.25) is 9.59 Å². The lowest BCUT2D eigenvalue weighted by Crippen LogP contribution is -2.49. The number of rotatable bonds is 3. The van der Waals surface area contributed by atoms with Crippen molar-refractivity contribution >= 4 is 11.8 Å². The molecule has 3 heterocycles. The molecule has 1 aromatic carbocycles. The van der Waals surface area contributed by atoms with Gasteiger partial charge in [0.25, 0.3) is 5.91 Å². The van der Waals surface area contributed by atoms with Crippen LogP contribution in [0.5, 0.6) is 0 Å². The highest BCUT2D eigenvalue weighted by Crippen LogP contribution is 2.38. The lowest BCUT2D eigenvalue weighted by molar-refractivity contribution is -0.126. The third-order valence-corrected chi connectivity index (χ3v) is 6.47. The van der Waals surface area contributed by atoms with Gasteiger partial charge in [-0.2, -0.15) is 0 Å². The van der Waals surface area contributed by atoms with Gasteiger partial charge in [-0.15, -0.1) is 0 Å². The molecular weight excluding hydrogens is 357 g/mol. The Hall–Kier alpha value is -2.21. The maximum atomic E-state index is 14.4. The van der Waals surface area contributed by atoms with Crippen molar-refractivity contribution in [3.8, 4) is 0 Å². The van der Waals surface area contributed by atoms with Crippen LogP contribution in [0.4, 0.5) is 4.39 Å². The van der Waals surface area contributed by atoms with Gasteiger partial charge in [-0.25, -0.2) is 4.39 Å². The molecule has 1 unspecified atom stereocenters. The van der Waals surface area contributed by atoms with Crippen LogP contribution in [0.1, 0.15) is 66.9 Å². The number of fused-ring (bicyclic) bond motifs is 1. The molecule has 0 aliphatic carbocycles. The number of carbonyl (C=O) groups excluding carboxylic acids is 2. The molecular formula is C22H28FN3O2. The summed E-state index contributed by atoms with van der Waals surface area (Å²) in [5, 5.41) is 2.75. The average Bonchev–Trinajstić information content (AvgIpc) is 2.98. The Morgan fingerprint density at radius 2 is 1.89 bits per heavy atom. The van der Waals surface area contributed by atoms with Crippen molar-refractivity contribution < 1.29 is 14.0 Å². The zero-order valence-electron chi connectivity index (χ0n) is 16.6. The van der Waals surface area contributed by atoms with Crippen LogP contribution < -0.4 is 5.32 Å². The summed E-state index contributed by atoms with van der Waals surface area (Å²) in [6.07, 6.45) is 3.15. The second-order valence-electron chi connectivity index (χ2n) is 8.51. The molecule has 0 spiro atoms. The summed E-state index contributed by atoms with van der Waals surface area (Å²) in [5.74, 6) is -0.531. The number of benzene rings is 1. The first-order valence-corrected chi connectivity index (χ1v) is 10.2. The molecule has 2 saturated heterocycles. The number of allylic oxidation sites excluding steroid dienone is 1. The predicted molar refractivity (Wildman–Crippen MR) is 105 cm³/mol. The largest absolute Gasteiger partial charge is 0.329 e. The predicted octanol–water partition coefficient (Wildman–Crippen LogP) is 3.16. The zero-order chi connectivity index (χ0) is 20.0. The minimum Gasteiger partial charge on any atom is -0.329 e. The van der Waals surface area contributed by atoms with Crippen LogP contribution in [-0.4, -0.2) is 46.8 Å². The Bertz CT molecular complexity index is 827. The molecule has 150 valence electrons. The van der Waals surface area contributed by atoms with Crippen molar-refractivity contribution in [3.63, 3.8) is 0 Å². The summed E-state index contributed by atoms with van der Waals surface area (Å²) >= 11 is 0. The Kier molecular flexibility index (Phi) is 5.00. The zero-order valence-corrected chi connectivity index (χ0v) is 16.6. The van der Waals surface area contributed by atoms with Gasteiger partial charge in [0.05, 0.1) is 0 Å². The van der Waals surface area contributed by atoms with Crippen LogP contribution >= 0.6 is 0 Å². The van der Waals surface area contributed by atoms with E-state index in [1.807, 2.05) is 0 Å². The van der Waals surface area contributed by atoms with E-state index < -0.39 is 6.04 Å². The molecule has 3 aliphatic heterocycles.